The molecule has 7 nitrogen and oxygen atoms in total. The summed E-state index contributed by atoms with van der Waals surface area (Å²) in [4.78, 5) is 30.6. The van der Waals surface area contributed by atoms with Crippen LogP contribution >= 0.6 is 11.6 Å². The Hall–Kier alpha value is -2.74. The monoisotopic (exact) mass is 437 g/mol. The molecule has 0 amide bonds. The molecule has 4 heterocycles. The first-order chi connectivity index (χ1) is 14.8. The number of aliphatic hydroxyl groups is 1. The SMILES string of the molecule is CC[C@@]1(O)C(=O)OCc2c1cc1n(c2=O)Cc2c-1nc1cc(Cl)cc3c1c2[C@@H](N)CC3. The fourth-order valence-electron chi connectivity index (χ4n) is 5.36. The number of aromatic nitrogens is 2. The van der Waals surface area contributed by atoms with E-state index >= 15 is 0 Å². The van der Waals surface area contributed by atoms with Crippen LogP contribution in [-0.2, 0) is 34.7 Å². The van der Waals surface area contributed by atoms with Crippen LogP contribution in [0.3, 0.4) is 0 Å². The summed E-state index contributed by atoms with van der Waals surface area (Å²) < 4.78 is 6.78. The molecule has 3 aliphatic rings. The van der Waals surface area contributed by atoms with Crippen LogP contribution in [0.25, 0.3) is 22.3 Å². The number of hydrogen-bond donors (Lipinski definition) is 2. The second kappa shape index (κ2) is 6.16. The Labute approximate surface area is 182 Å². The van der Waals surface area contributed by atoms with E-state index in [0.29, 0.717) is 34.1 Å². The van der Waals surface area contributed by atoms with Crippen molar-refractivity contribution in [3.05, 3.63) is 61.4 Å². The highest BCUT2D eigenvalue weighted by Gasteiger charge is 2.45. The van der Waals surface area contributed by atoms with Crippen molar-refractivity contribution in [1.29, 1.82) is 0 Å². The highest BCUT2D eigenvalue weighted by molar-refractivity contribution is 6.31. The molecule has 0 bridgehead atoms. The van der Waals surface area contributed by atoms with Crippen LogP contribution in [-0.4, -0.2) is 20.6 Å². The van der Waals surface area contributed by atoms with Gasteiger partial charge in [-0.1, -0.05) is 18.5 Å². The first-order valence-electron chi connectivity index (χ1n) is 10.4. The van der Waals surface area contributed by atoms with Crippen molar-refractivity contribution in [2.24, 2.45) is 5.73 Å². The molecule has 2 aromatic heterocycles. The quantitative estimate of drug-likeness (QED) is 0.443. The summed E-state index contributed by atoms with van der Waals surface area (Å²) >= 11 is 6.35. The van der Waals surface area contributed by atoms with Crippen LogP contribution in [0.15, 0.2) is 23.0 Å². The van der Waals surface area contributed by atoms with Crippen LogP contribution in [0.2, 0.25) is 5.02 Å². The molecule has 1 aromatic carbocycles. The summed E-state index contributed by atoms with van der Waals surface area (Å²) in [6.45, 7) is 1.89. The summed E-state index contributed by atoms with van der Waals surface area (Å²) in [5, 5.41) is 12.7. The number of ether oxygens (including phenoxy) is 1. The Morgan fingerprint density at radius 2 is 2.13 bits per heavy atom. The largest absolute Gasteiger partial charge is 0.458 e. The average Bonchev–Trinajstić information content (AvgIpc) is 3.11. The molecule has 0 unspecified atom stereocenters. The van der Waals surface area contributed by atoms with Crippen molar-refractivity contribution in [3.8, 4) is 11.4 Å². The standard InChI is InChI=1S/C23H20ClN3O4/c1-2-23(30)14-7-17-20-12(8-27(17)21(28)13(14)9-31-22(23)29)19-15(25)4-3-10-5-11(24)6-16(26-20)18(10)19/h5-7,15,30H,2-4,8-9,25H2,1H3/t15-,23-/m0/s1. The van der Waals surface area contributed by atoms with Crippen molar-refractivity contribution >= 4 is 28.5 Å². The highest BCUT2D eigenvalue weighted by Crippen LogP contribution is 2.44. The Morgan fingerprint density at radius 1 is 1.32 bits per heavy atom. The van der Waals surface area contributed by atoms with Crippen LogP contribution in [0, 0.1) is 0 Å². The van der Waals surface area contributed by atoms with Gasteiger partial charge in [0.2, 0.25) is 0 Å². The molecule has 3 aromatic rings. The molecular weight excluding hydrogens is 418 g/mol. The summed E-state index contributed by atoms with van der Waals surface area (Å²) in [7, 11) is 0. The zero-order valence-corrected chi connectivity index (χ0v) is 17.6. The number of nitrogens with two attached hydrogens (primary N) is 1. The van der Waals surface area contributed by atoms with Crippen LogP contribution in [0.5, 0.6) is 0 Å². The van der Waals surface area contributed by atoms with E-state index in [1.807, 2.05) is 12.1 Å². The predicted molar refractivity (Wildman–Crippen MR) is 115 cm³/mol. The summed E-state index contributed by atoms with van der Waals surface area (Å²) in [5.41, 5.74) is 10.1. The fourth-order valence-corrected chi connectivity index (χ4v) is 5.59. The summed E-state index contributed by atoms with van der Waals surface area (Å²) in [6.07, 6.45) is 1.73. The Morgan fingerprint density at radius 3 is 2.90 bits per heavy atom. The number of benzene rings is 1. The minimum atomic E-state index is -1.84. The lowest BCUT2D eigenvalue weighted by atomic mass is 9.83. The number of cyclic esters (lactones) is 1. The number of pyridine rings is 2. The first kappa shape index (κ1) is 19.0. The summed E-state index contributed by atoms with van der Waals surface area (Å²) in [5.74, 6) is -0.731. The topological polar surface area (TPSA) is 107 Å². The fraction of sp³-hybridized carbons (Fsp3) is 0.348. The average molecular weight is 438 g/mol. The minimum Gasteiger partial charge on any atom is -0.458 e. The van der Waals surface area contributed by atoms with E-state index in [4.69, 9.17) is 27.1 Å². The number of aryl methyl sites for hydroxylation is 1. The maximum atomic E-state index is 13.4. The predicted octanol–water partition coefficient (Wildman–Crippen LogP) is 2.68. The van der Waals surface area contributed by atoms with Gasteiger partial charge in [0.25, 0.3) is 5.56 Å². The van der Waals surface area contributed by atoms with Crippen molar-refractivity contribution < 1.29 is 14.6 Å². The van der Waals surface area contributed by atoms with Gasteiger partial charge in [-0.3, -0.25) is 4.79 Å². The van der Waals surface area contributed by atoms with E-state index in [-0.39, 0.29) is 24.6 Å². The molecule has 2 aliphatic heterocycles. The van der Waals surface area contributed by atoms with Crippen molar-refractivity contribution in [1.82, 2.24) is 9.55 Å². The van der Waals surface area contributed by atoms with E-state index in [1.54, 1.807) is 17.6 Å². The number of carbonyl (C=O) groups is 1. The zero-order chi connectivity index (χ0) is 21.7. The van der Waals surface area contributed by atoms with Gasteiger partial charge in [-0.05, 0) is 48.6 Å². The molecular formula is C23H20ClN3O4. The van der Waals surface area contributed by atoms with Crippen molar-refractivity contribution in [2.45, 2.75) is 51.0 Å². The molecule has 6 rings (SSSR count). The molecule has 158 valence electrons. The Balaban J connectivity index is 1.69. The Kier molecular flexibility index (Phi) is 3.77. The Bertz CT molecular complexity index is 1400. The number of esters is 1. The molecule has 3 N–H and O–H groups in total. The lowest BCUT2D eigenvalue weighted by molar-refractivity contribution is -0.172. The van der Waals surface area contributed by atoms with Crippen LogP contribution in [0.4, 0.5) is 0 Å². The van der Waals surface area contributed by atoms with Gasteiger partial charge in [-0.15, -0.1) is 0 Å². The van der Waals surface area contributed by atoms with E-state index in [1.165, 1.54) is 0 Å². The molecule has 31 heavy (non-hydrogen) atoms. The van der Waals surface area contributed by atoms with Crippen molar-refractivity contribution in [2.75, 3.05) is 0 Å². The molecule has 1 aliphatic carbocycles. The maximum absolute atomic E-state index is 13.4. The van der Waals surface area contributed by atoms with Gasteiger partial charge in [0.15, 0.2) is 5.60 Å². The maximum Gasteiger partial charge on any atom is 0.343 e. The zero-order valence-electron chi connectivity index (χ0n) is 16.9. The third-order valence-corrected chi connectivity index (χ3v) is 7.19. The normalized spacial score (nSPS) is 23.4. The van der Waals surface area contributed by atoms with Gasteiger partial charge < -0.3 is 20.1 Å². The highest BCUT2D eigenvalue weighted by atomic mass is 35.5. The number of hydrogen-bond acceptors (Lipinski definition) is 6. The van der Waals surface area contributed by atoms with Gasteiger partial charge in [0.05, 0.1) is 29.0 Å². The van der Waals surface area contributed by atoms with E-state index < -0.39 is 11.6 Å². The van der Waals surface area contributed by atoms with E-state index in [9.17, 15) is 14.7 Å². The van der Waals surface area contributed by atoms with Crippen LogP contribution in [0.1, 0.15) is 53.6 Å². The van der Waals surface area contributed by atoms with Gasteiger partial charge in [-0.2, -0.15) is 0 Å². The molecule has 0 saturated carbocycles. The van der Waals surface area contributed by atoms with Gasteiger partial charge in [-0.25, -0.2) is 9.78 Å². The van der Waals surface area contributed by atoms with E-state index in [2.05, 4.69) is 0 Å². The molecule has 0 fully saturated rings. The number of fused-ring (bicyclic) bond motifs is 5. The van der Waals surface area contributed by atoms with Gasteiger partial charge in [0, 0.05) is 27.6 Å². The second-order valence-corrected chi connectivity index (χ2v) is 9.00. The number of rotatable bonds is 1. The molecule has 0 spiro atoms. The lowest BCUT2D eigenvalue weighted by Gasteiger charge is -2.31. The molecule has 2 atom stereocenters. The van der Waals surface area contributed by atoms with Crippen LogP contribution < -0.4 is 11.3 Å². The van der Waals surface area contributed by atoms with Crippen molar-refractivity contribution in [3.63, 3.8) is 0 Å². The third-order valence-electron chi connectivity index (χ3n) is 6.97. The molecule has 8 heteroatoms. The van der Waals surface area contributed by atoms with E-state index in [0.717, 1.165) is 40.4 Å². The summed E-state index contributed by atoms with van der Waals surface area (Å²) in [6, 6.07) is 5.34. The minimum absolute atomic E-state index is 0.106. The molecule has 0 saturated heterocycles. The number of carbonyl (C=O) groups excluding carboxylic acids is 1. The van der Waals surface area contributed by atoms with Gasteiger partial charge in [0.1, 0.15) is 6.61 Å². The second-order valence-electron chi connectivity index (χ2n) is 8.56. The smallest absolute Gasteiger partial charge is 0.343 e. The lowest BCUT2D eigenvalue weighted by Crippen LogP contribution is -2.44. The number of nitrogens with zero attached hydrogens (tertiary/aromatic N) is 2. The van der Waals surface area contributed by atoms with Gasteiger partial charge >= 0.3 is 5.97 Å². The number of halogens is 1. The molecule has 0 radical (unpaired) electrons. The first-order valence-corrected chi connectivity index (χ1v) is 10.8. The third kappa shape index (κ3) is 2.34.